The minimum Gasteiger partial charge on any atom is -0.436 e. The Morgan fingerprint density at radius 1 is 1.16 bits per heavy atom. The minimum absolute atomic E-state index is 0.117. The van der Waals surface area contributed by atoms with Crippen LogP contribution in [0.3, 0.4) is 0 Å². The number of nitrogens with two attached hydrogens (primary N) is 1. The Hall–Kier alpha value is -2.36. The fourth-order valence-electron chi connectivity index (χ4n) is 2.16. The van der Waals surface area contributed by atoms with E-state index in [-0.39, 0.29) is 5.69 Å². The van der Waals surface area contributed by atoms with Crippen LogP contribution in [0.15, 0.2) is 34.7 Å². The molecule has 2 N–H and O–H groups in total. The number of fused-ring (bicyclic) bond motifs is 1. The molecule has 0 bridgehead atoms. The van der Waals surface area contributed by atoms with Crippen molar-refractivity contribution in [3.8, 4) is 11.5 Å². The highest BCUT2D eigenvalue weighted by Crippen LogP contribution is 2.28. The van der Waals surface area contributed by atoms with E-state index in [2.05, 4.69) is 4.98 Å². The third-order valence-electron chi connectivity index (χ3n) is 3.07. The quantitative estimate of drug-likeness (QED) is 0.673. The second kappa shape index (κ2) is 4.09. The van der Waals surface area contributed by atoms with Crippen molar-refractivity contribution in [2.24, 2.45) is 0 Å². The van der Waals surface area contributed by atoms with E-state index in [0.717, 1.165) is 22.2 Å². The largest absolute Gasteiger partial charge is 0.436 e. The minimum atomic E-state index is -0.465. The van der Waals surface area contributed by atoms with Crippen LogP contribution in [0.4, 0.5) is 10.1 Å². The molecule has 0 radical (unpaired) electrons. The summed E-state index contributed by atoms with van der Waals surface area (Å²) in [5.41, 5.74) is 9.81. The number of aromatic nitrogens is 1. The normalized spacial score (nSPS) is 11.1. The number of rotatable bonds is 1. The van der Waals surface area contributed by atoms with Crippen LogP contribution < -0.4 is 5.73 Å². The SMILES string of the molecule is Cc1cc(C)c2oc(-c3ccc(N)c(F)c3)nc2c1. The molecule has 0 fully saturated rings. The molecule has 19 heavy (non-hydrogen) atoms. The highest BCUT2D eigenvalue weighted by Gasteiger charge is 2.12. The number of aryl methyl sites for hydroxylation is 2. The lowest BCUT2D eigenvalue weighted by atomic mass is 10.1. The molecule has 0 spiro atoms. The van der Waals surface area contributed by atoms with Crippen LogP contribution in [0, 0.1) is 19.7 Å². The van der Waals surface area contributed by atoms with Gasteiger partial charge in [0.25, 0.3) is 0 Å². The first-order chi connectivity index (χ1) is 9.04. The molecule has 0 atom stereocenters. The molecule has 0 saturated carbocycles. The molecule has 0 aliphatic carbocycles. The highest BCUT2D eigenvalue weighted by atomic mass is 19.1. The van der Waals surface area contributed by atoms with E-state index < -0.39 is 5.82 Å². The lowest BCUT2D eigenvalue weighted by Crippen LogP contribution is -1.90. The second-order valence-corrected chi connectivity index (χ2v) is 4.69. The molecular weight excluding hydrogens is 243 g/mol. The van der Waals surface area contributed by atoms with E-state index in [0.29, 0.717) is 11.5 Å². The summed E-state index contributed by atoms with van der Waals surface area (Å²) in [6.07, 6.45) is 0. The number of hydrogen-bond donors (Lipinski definition) is 1. The van der Waals surface area contributed by atoms with Gasteiger partial charge in [-0.1, -0.05) is 6.07 Å². The van der Waals surface area contributed by atoms with Crippen molar-refractivity contribution in [1.29, 1.82) is 0 Å². The molecule has 96 valence electrons. The summed E-state index contributed by atoms with van der Waals surface area (Å²) < 4.78 is 19.2. The van der Waals surface area contributed by atoms with Crippen molar-refractivity contribution in [1.82, 2.24) is 4.98 Å². The van der Waals surface area contributed by atoms with Gasteiger partial charge in [-0.25, -0.2) is 9.37 Å². The third kappa shape index (κ3) is 1.95. The Labute approximate surface area is 109 Å². The molecular formula is C15H13FN2O. The third-order valence-corrected chi connectivity index (χ3v) is 3.07. The summed E-state index contributed by atoms with van der Waals surface area (Å²) in [6.45, 7) is 3.97. The number of nitrogen functional groups attached to an aromatic ring is 1. The Bertz CT molecular complexity index is 777. The van der Waals surface area contributed by atoms with E-state index in [1.165, 1.54) is 12.1 Å². The smallest absolute Gasteiger partial charge is 0.227 e. The van der Waals surface area contributed by atoms with Crippen LogP contribution in [0.5, 0.6) is 0 Å². The fourth-order valence-corrected chi connectivity index (χ4v) is 2.16. The van der Waals surface area contributed by atoms with E-state index >= 15 is 0 Å². The Morgan fingerprint density at radius 2 is 1.95 bits per heavy atom. The van der Waals surface area contributed by atoms with E-state index in [1.807, 2.05) is 26.0 Å². The lowest BCUT2D eigenvalue weighted by molar-refractivity contribution is 0.611. The second-order valence-electron chi connectivity index (χ2n) is 4.69. The molecule has 3 nitrogen and oxygen atoms in total. The summed E-state index contributed by atoms with van der Waals surface area (Å²) in [7, 11) is 0. The molecule has 0 saturated heterocycles. The van der Waals surface area contributed by atoms with Gasteiger partial charge < -0.3 is 10.2 Å². The molecule has 0 aliphatic rings. The first-order valence-corrected chi connectivity index (χ1v) is 5.98. The number of hydrogen-bond acceptors (Lipinski definition) is 3. The van der Waals surface area contributed by atoms with Crippen LogP contribution >= 0.6 is 0 Å². The monoisotopic (exact) mass is 256 g/mol. The summed E-state index contributed by atoms with van der Waals surface area (Å²) in [5.74, 6) is -0.0599. The predicted molar refractivity (Wildman–Crippen MR) is 73.3 cm³/mol. The number of benzene rings is 2. The van der Waals surface area contributed by atoms with Crippen molar-refractivity contribution in [2.75, 3.05) is 5.73 Å². The van der Waals surface area contributed by atoms with Gasteiger partial charge in [0.15, 0.2) is 5.58 Å². The summed E-state index contributed by atoms with van der Waals surface area (Å²) in [5, 5.41) is 0. The predicted octanol–water partition coefficient (Wildman–Crippen LogP) is 3.83. The van der Waals surface area contributed by atoms with Crippen LogP contribution in [0.25, 0.3) is 22.6 Å². The van der Waals surface area contributed by atoms with Crippen LogP contribution in [0.1, 0.15) is 11.1 Å². The zero-order chi connectivity index (χ0) is 13.6. The van der Waals surface area contributed by atoms with Gasteiger partial charge in [-0.15, -0.1) is 0 Å². The number of oxazole rings is 1. The maximum Gasteiger partial charge on any atom is 0.227 e. The first-order valence-electron chi connectivity index (χ1n) is 5.98. The van der Waals surface area contributed by atoms with Crippen LogP contribution in [-0.2, 0) is 0 Å². The molecule has 3 rings (SSSR count). The van der Waals surface area contributed by atoms with E-state index in [4.69, 9.17) is 10.2 Å². The van der Waals surface area contributed by atoms with Crippen LogP contribution in [-0.4, -0.2) is 4.98 Å². The van der Waals surface area contributed by atoms with Gasteiger partial charge >= 0.3 is 0 Å². The number of anilines is 1. The molecule has 2 aromatic carbocycles. The molecule has 1 heterocycles. The van der Waals surface area contributed by atoms with Crippen molar-refractivity contribution in [3.05, 3.63) is 47.3 Å². The zero-order valence-corrected chi connectivity index (χ0v) is 10.7. The van der Waals surface area contributed by atoms with E-state index in [9.17, 15) is 4.39 Å². The Kier molecular flexibility index (Phi) is 2.52. The Balaban J connectivity index is 2.20. The molecule has 0 aliphatic heterocycles. The van der Waals surface area contributed by atoms with Crippen LogP contribution in [0.2, 0.25) is 0 Å². The highest BCUT2D eigenvalue weighted by molar-refractivity contribution is 5.80. The summed E-state index contributed by atoms with van der Waals surface area (Å²) in [4.78, 5) is 4.40. The van der Waals surface area contributed by atoms with Crippen molar-refractivity contribution >= 4 is 16.8 Å². The topological polar surface area (TPSA) is 52.0 Å². The van der Waals surface area contributed by atoms with Gasteiger partial charge in [0.05, 0.1) is 5.69 Å². The molecule has 1 aromatic heterocycles. The molecule has 4 heteroatoms. The molecule has 0 amide bonds. The van der Waals surface area contributed by atoms with Crippen molar-refractivity contribution in [3.63, 3.8) is 0 Å². The first kappa shape index (κ1) is 11.7. The standard InChI is InChI=1S/C15H13FN2O/c1-8-5-9(2)14-13(6-8)18-15(19-14)10-3-4-12(17)11(16)7-10/h3-7H,17H2,1-2H3. The maximum absolute atomic E-state index is 13.5. The number of halogens is 1. The lowest BCUT2D eigenvalue weighted by Gasteiger charge is -1.98. The number of nitrogens with zero attached hydrogens (tertiary/aromatic N) is 1. The maximum atomic E-state index is 13.5. The Morgan fingerprint density at radius 3 is 2.68 bits per heavy atom. The summed E-state index contributed by atoms with van der Waals surface area (Å²) in [6, 6.07) is 8.52. The van der Waals surface area contributed by atoms with Crippen molar-refractivity contribution in [2.45, 2.75) is 13.8 Å². The van der Waals surface area contributed by atoms with Gasteiger partial charge in [-0.3, -0.25) is 0 Å². The summed E-state index contributed by atoms with van der Waals surface area (Å²) >= 11 is 0. The molecule has 0 unspecified atom stereocenters. The van der Waals surface area contributed by atoms with Gasteiger partial charge in [0, 0.05) is 5.56 Å². The zero-order valence-electron chi connectivity index (χ0n) is 10.7. The van der Waals surface area contributed by atoms with Gasteiger partial charge in [0.1, 0.15) is 11.3 Å². The average Bonchev–Trinajstić information content (AvgIpc) is 2.76. The average molecular weight is 256 g/mol. The molecule has 3 aromatic rings. The fraction of sp³-hybridized carbons (Fsp3) is 0.133. The van der Waals surface area contributed by atoms with Gasteiger partial charge in [0.2, 0.25) is 5.89 Å². The van der Waals surface area contributed by atoms with Crippen molar-refractivity contribution < 1.29 is 8.81 Å². The van der Waals surface area contributed by atoms with E-state index in [1.54, 1.807) is 6.07 Å². The van der Waals surface area contributed by atoms with Gasteiger partial charge in [-0.05, 0) is 49.2 Å². The van der Waals surface area contributed by atoms with Gasteiger partial charge in [-0.2, -0.15) is 0 Å².